The molecule has 32 heavy (non-hydrogen) atoms. The number of amides is 1. The normalized spacial score (nSPS) is 17.0. The van der Waals surface area contributed by atoms with E-state index in [0.717, 1.165) is 54.2 Å². The first-order chi connectivity index (χ1) is 15.6. The van der Waals surface area contributed by atoms with Gasteiger partial charge in [0, 0.05) is 12.5 Å². The maximum atomic E-state index is 12.9. The van der Waals surface area contributed by atoms with Crippen LogP contribution in [0.1, 0.15) is 35.2 Å². The number of hydrogen-bond donors (Lipinski definition) is 1. The average Bonchev–Trinajstić information content (AvgIpc) is 3.36. The summed E-state index contributed by atoms with van der Waals surface area (Å²) in [6.45, 7) is 6.13. The molecule has 4 aromatic rings. The number of thiazole rings is 1. The highest BCUT2D eigenvalue weighted by Crippen LogP contribution is 2.33. The predicted octanol–water partition coefficient (Wildman–Crippen LogP) is 4.92. The number of aryl methyl sites for hydroxylation is 1. The van der Waals surface area contributed by atoms with Crippen LogP contribution in [0.2, 0.25) is 0 Å². The number of rotatable bonds is 5. The Bertz CT molecular complexity index is 1210. The third-order valence-electron chi connectivity index (χ3n) is 6.09. The van der Waals surface area contributed by atoms with Crippen LogP contribution in [-0.2, 0) is 4.79 Å². The minimum atomic E-state index is 0.00811. The van der Waals surface area contributed by atoms with Gasteiger partial charge in [-0.3, -0.25) is 9.69 Å². The van der Waals surface area contributed by atoms with E-state index in [1.807, 2.05) is 54.9 Å². The van der Waals surface area contributed by atoms with Gasteiger partial charge in [0.1, 0.15) is 0 Å². The van der Waals surface area contributed by atoms with Crippen LogP contribution >= 0.6 is 11.3 Å². The first-order valence-corrected chi connectivity index (χ1v) is 11.9. The lowest BCUT2D eigenvalue weighted by Gasteiger charge is -2.31. The zero-order valence-electron chi connectivity index (χ0n) is 18.4. The lowest BCUT2D eigenvalue weighted by molar-refractivity contribution is -0.117. The summed E-state index contributed by atoms with van der Waals surface area (Å²) in [6.07, 6.45) is 2.21. The largest absolute Gasteiger partial charge is 0.322 e. The van der Waals surface area contributed by atoms with E-state index >= 15 is 0 Å². The van der Waals surface area contributed by atoms with Crippen LogP contribution in [0.5, 0.6) is 0 Å². The van der Waals surface area contributed by atoms with Crippen LogP contribution in [0.4, 0.5) is 5.69 Å². The smallest absolute Gasteiger partial charge is 0.238 e. The van der Waals surface area contributed by atoms with Gasteiger partial charge in [0.15, 0.2) is 0 Å². The van der Waals surface area contributed by atoms with Crippen molar-refractivity contribution in [3.63, 3.8) is 0 Å². The Labute approximate surface area is 191 Å². The molecule has 5 rings (SSSR count). The molecule has 1 amide bonds. The third-order valence-corrected chi connectivity index (χ3v) is 7.29. The Balaban J connectivity index is 1.26. The highest BCUT2D eigenvalue weighted by molar-refractivity contribution is 7.18. The molecular formula is C25H27N5OS. The molecule has 0 saturated carbocycles. The zero-order chi connectivity index (χ0) is 22.1. The van der Waals surface area contributed by atoms with Crippen molar-refractivity contribution in [2.45, 2.75) is 32.6 Å². The zero-order valence-corrected chi connectivity index (χ0v) is 19.2. The molecule has 6 nitrogen and oxygen atoms in total. The van der Waals surface area contributed by atoms with Crippen LogP contribution < -0.4 is 5.32 Å². The molecule has 0 spiro atoms. The second kappa shape index (κ2) is 8.84. The molecule has 0 radical (unpaired) electrons. The van der Waals surface area contributed by atoms with Crippen LogP contribution in [0.25, 0.3) is 15.9 Å². The van der Waals surface area contributed by atoms with Crippen molar-refractivity contribution < 1.29 is 4.79 Å². The van der Waals surface area contributed by atoms with Crippen molar-refractivity contribution in [3.8, 4) is 5.69 Å². The molecular weight excluding hydrogens is 418 g/mol. The molecule has 1 aliphatic rings. The molecule has 1 saturated heterocycles. The van der Waals surface area contributed by atoms with Crippen LogP contribution in [-0.4, -0.2) is 45.2 Å². The molecule has 2 aromatic carbocycles. The summed E-state index contributed by atoms with van der Waals surface area (Å²) in [4.78, 5) is 20.0. The monoisotopic (exact) mass is 445 g/mol. The molecule has 0 bridgehead atoms. The SMILES string of the molecule is Cc1nn(-c2ccccc2)c(C)c1NC(=O)CN1CCC[C@@H](c2nc3ccccc3s2)C1. The van der Waals surface area contributed by atoms with Crippen LogP contribution in [0.15, 0.2) is 54.6 Å². The number of carbonyl (C=O) groups is 1. The number of benzene rings is 2. The molecule has 0 unspecified atom stereocenters. The van der Waals surface area contributed by atoms with Crippen LogP contribution in [0.3, 0.4) is 0 Å². The van der Waals surface area contributed by atoms with Crippen molar-refractivity contribution in [1.29, 1.82) is 0 Å². The van der Waals surface area contributed by atoms with Gasteiger partial charge in [0.2, 0.25) is 5.91 Å². The van der Waals surface area contributed by atoms with E-state index in [2.05, 4.69) is 33.5 Å². The van der Waals surface area contributed by atoms with Gasteiger partial charge < -0.3 is 5.32 Å². The van der Waals surface area contributed by atoms with Gasteiger partial charge in [-0.1, -0.05) is 30.3 Å². The topological polar surface area (TPSA) is 63.1 Å². The third kappa shape index (κ3) is 4.18. The van der Waals surface area contributed by atoms with Gasteiger partial charge in [-0.15, -0.1) is 11.3 Å². The van der Waals surface area contributed by atoms with E-state index in [1.165, 1.54) is 9.71 Å². The second-order valence-electron chi connectivity index (χ2n) is 8.44. The Hall–Kier alpha value is -3.03. The van der Waals surface area contributed by atoms with Gasteiger partial charge >= 0.3 is 0 Å². The number of hydrogen-bond acceptors (Lipinski definition) is 5. The van der Waals surface area contributed by atoms with E-state index in [1.54, 1.807) is 11.3 Å². The fourth-order valence-electron chi connectivity index (χ4n) is 4.49. The number of fused-ring (bicyclic) bond motifs is 1. The second-order valence-corrected chi connectivity index (χ2v) is 9.50. The molecule has 3 heterocycles. The standard InChI is InChI=1S/C25H27N5OS/c1-17-24(18(2)30(28-17)20-10-4-3-5-11-20)27-23(31)16-29-14-8-9-19(15-29)25-26-21-12-6-7-13-22(21)32-25/h3-7,10-13,19H,8-9,14-16H2,1-2H3,(H,27,31)/t19-/m1/s1. The first kappa shape index (κ1) is 20.8. The summed E-state index contributed by atoms with van der Waals surface area (Å²) in [7, 11) is 0. The fourth-order valence-corrected chi connectivity index (χ4v) is 5.58. The van der Waals surface area contributed by atoms with Gasteiger partial charge in [0.05, 0.1) is 44.5 Å². The van der Waals surface area contributed by atoms with E-state index in [9.17, 15) is 4.79 Å². The molecule has 1 fully saturated rings. The summed E-state index contributed by atoms with van der Waals surface area (Å²) in [6, 6.07) is 18.3. The number of nitrogens with zero attached hydrogens (tertiary/aromatic N) is 4. The molecule has 0 aliphatic carbocycles. The van der Waals surface area contributed by atoms with Gasteiger partial charge in [0.25, 0.3) is 0 Å². The molecule has 1 N–H and O–H groups in total. The average molecular weight is 446 g/mol. The van der Waals surface area contributed by atoms with Gasteiger partial charge in [-0.05, 0) is 57.5 Å². The number of likely N-dealkylation sites (tertiary alicyclic amines) is 1. The summed E-state index contributed by atoms with van der Waals surface area (Å²) in [5.41, 5.74) is 4.63. The first-order valence-electron chi connectivity index (χ1n) is 11.1. The highest BCUT2D eigenvalue weighted by Gasteiger charge is 2.26. The number of anilines is 1. The maximum absolute atomic E-state index is 12.9. The Kier molecular flexibility index (Phi) is 5.76. The van der Waals surface area contributed by atoms with E-state index in [4.69, 9.17) is 4.98 Å². The molecule has 7 heteroatoms. The number of para-hydroxylation sites is 2. The lowest BCUT2D eigenvalue weighted by atomic mass is 9.99. The summed E-state index contributed by atoms with van der Waals surface area (Å²) >= 11 is 1.78. The number of piperidine rings is 1. The Morgan fingerprint density at radius 3 is 2.72 bits per heavy atom. The summed E-state index contributed by atoms with van der Waals surface area (Å²) in [5, 5.41) is 8.94. The highest BCUT2D eigenvalue weighted by atomic mass is 32.1. The Morgan fingerprint density at radius 1 is 1.12 bits per heavy atom. The van der Waals surface area contributed by atoms with Gasteiger partial charge in [-0.2, -0.15) is 5.10 Å². The number of nitrogens with one attached hydrogen (secondary N) is 1. The van der Waals surface area contributed by atoms with Crippen molar-refractivity contribution >= 4 is 33.1 Å². The van der Waals surface area contributed by atoms with E-state index < -0.39 is 0 Å². The van der Waals surface area contributed by atoms with Gasteiger partial charge in [-0.25, -0.2) is 9.67 Å². The van der Waals surface area contributed by atoms with Crippen molar-refractivity contribution in [3.05, 3.63) is 71.0 Å². The lowest BCUT2D eigenvalue weighted by Crippen LogP contribution is -2.39. The summed E-state index contributed by atoms with van der Waals surface area (Å²) < 4.78 is 3.12. The maximum Gasteiger partial charge on any atom is 0.238 e. The predicted molar refractivity (Wildman–Crippen MR) is 130 cm³/mol. The fraction of sp³-hybridized carbons (Fsp3) is 0.320. The van der Waals surface area contributed by atoms with E-state index in [-0.39, 0.29) is 5.91 Å². The number of aromatic nitrogens is 3. The van der Waals surface area contributed by atoms with Crippen molar-refractivity contribution in [1.82, 2.24) is 19.7 Å². The van der Waals surface area contributed by atoms with Crippen molar-refractivity contribution in [2.24, 2.45) is 0 Å². The minimum absolute atomic E-state index is 0.00811. The number of carbonyl (C=O) groups excluding carboxylic acids is 1. The molecule has 1 aliphatic heterocycles. The van der Waals surface area contributed by atoms with Crippen LogP contribution in [0, 0.1) is 13.8 Å². The Morgan fingerprint density at radius 2 is 1.91 bits per heavy atom. The minimum Gasteiger partial charge on any atom is -0.322 e. The molecule has 1 atom stereocenters. The van der Waals surface area contributed by atoms with E-state index in [0.29, 0.717) is 12.5 Å². The summed E-state index contributed by atoms with van der Waals surface area (Å²) in [5.74, 6) is 0.395. The quantitative estimate of drug-likeness (QED) is 0.474. The molecule has 2 aromatic heterocycles. The molecule has 164 valence electrons. The van der Waals surface area contributed by atoms with Crippen molar-refractivity contribution in [2.75, 3.05) is 25.0 Å².